The minimum atomic E-state index is -1.45. The van der Waals surface area contributed by atoms with Gasteiger partial charge in [-0.15, -0.1) is 0 Å². The van der Waals surface area contributed by atoms with Gasteiger partial charge in [-0.1, -0.05) is 164 Å². The Morgan fingerprint density at radius 3 is 1.01 bits per heavy atom. The highest BCUT2D eigenvalue weighted by Gasteiger charge is 2.18. The largest absolute Gasteiger partial charge is 0.488 e. The number of fused-ring (bicyclic) bond motifs is 9. The van der Waals surface area contributed by atoms with E-state index in [2.05, 4.69) is 69.5 Å². The van der Waals surface area contributed by atoms with Crippen molar-refractivity contribution in [2.75, 3.05) is 0 Å². The third-order valence-corrected chi connectivity index (χ3v) is 14.0. The molecular weight excluding hydrogens is 1040 g/mol. The maximum absolute atomic E-state index is 9.12. The van der Waals surface area contributed by atoms with Crippen molar-refractivity contribution >= 4 is 102 Å². The zero-order chi connectivity index (χ0) is 54.1. The van der Waals surface area contributed by atoms with Gasteiger partial charge >= 0.3 is 7.12 Å². The number of furan rings is 3. The summed E-state index contributed by atoms with van der Waals surface area (Å²) < 4.78 is 17.8. The molecule has 0 saturated carbocycles. The number of rotatable bonds is 7. The fourth-order valence-corrected chi connectivity index (χ4v) is 10.2. The lowest BCUT2D eigenvalue weighted by Gasteiger charge is -2.10. The van der Waals surface area contributed by atoms with E-state index in [1.807, 2.05) is 164 Å². The van der Waals surface area contributed by atoms with Gasteiger partial charge in [0.05, 0.1) is 0 Å². The normalized spacial score (nSPS) is 11.2. The van der Waals surface area contributed by atoms with Crippen molar-refractivity contribution < 1.29 is 23.3 Å². The van der Waals surface area contributed by atoms with Crippen molar-refractivity contribution in [3.8, 4) is 67.8 Å². The van der Waals surface area contributed by atoms with Gasteiger partial charge in [0.15, 0.2) is 23.3 Å². The molecule has 10 aromatic carbocycles. The number of para-hydroxylation sites is 3. The molecule has 0 spiro atoms. The maximum atomic E-state index is 9.12. The molecule has 5 heterocycles. The van der Waals surface area contributed by atoms with Crippen LogP contribution in [-0.2, 0) is 0 Å². The van der Waals surface area contributed by atoms with Gasteiger partial charge in [0.1, 0.15) is 33.5 Å². The number of nitrogens with zero attached hydrogens (tertiary/aromatic N) is 6. The van der Waals surface area contributed by atoms with Crippen LogP contribution in [-0.4, -0.2) is 47.1 Å². The zero-order valence-corrected chi connectivity index (χ0v) is 43.7. The van der Waals surface area contributed by atoms with Gasteiger partial charge in [0, 0.05) is 54.6 Å². The van der Waals surface area contributed by atoms with Crippen LogP contribution >= 0.6 is 23.2 Å². The van der Waals surface area contributed by atoms with E-state index in [1.54, 1.807) is 18.2 Å². The molecule has 0 aliphatic rings. The van der Waals surface area contributed by atoms with Gasteiger partial charge in [-0.25, -0.2) is 15.0 Å². The molecule has 0 aliphatic heterocycles. The summed E-state index contributed by atoms with van der Waals surface area (Å²) in [5.74, 6) is 2.27. The lowest BCUT2D eigenvalue weighted by molar-refractivity contribution is 0.426. The van der Waals surface area contributed by atoms with E-state index in [9.17, 15) is 0 Å². The smallest absolute Gasteiger partial charge is 0.456 e. The number of aromatic nitrogens is 6. The minimum Gasteiger partial charge on any atom is -0.456 e. The van der Waals surface area contributed by atoms with E-state index in [0.717, 1.165) is 110 Å². The van der Waals surface area contributed by atoms with Crippen molar-refractivity contribution in [3.63, 3.8) is 0 Å². The van der Waals surface area contributed by atoms with Gasteiger partial charge < -0.3 is 23.3 Å². The standard InChI is InChI=1S/C39H23N3O2.C15H9Cl2N3.C12H9BO3/c1-2-9-24(10-3-1)25-11-8-12-26(21-25)37-40-38(27-17-19-35-31(22-27)29-13-4-6-15-33(29)43-35)42-39(41-37)28-18-20-36-32(23-28)30-14-5-7-16-34(30)44-36;16-14-18-13(19-15(17)20-14)12-8-4-7-11(9-12)10-5-2-1-3-6-10;14-13(15)8-5-6-12-10(7-8)9-3-1-2-4-11(9)16-12/h1-23H;1-9H;1-7,14-15H. The van der Waals surface area contributed by atoms with Crippen molar-refractivity contribution in [1.82, 2.24) is 29.9 Å². The molecule has 5 aromatic heterocycles. The number of benzene rings is 10. The Kier molecular flexibility index (Phi) is 13.4. The summed E-state index contributed by atoms with van der Waals surface area (Å²) in [6, 6.07) is 77.9. The average molecular weight is 1080 g/mol. The Hall–Kier alpha value is -9.82. The molecule has 0 radical (unpaired) electrons. The molecule has 14 heteroatoms. The first-order valence-corrected chi connectivity index (χ1v) is 26.3. The summed E-state index contributed by atoms with van der Waals surface area (Å²) >= 11 is 11.6. The van der Waals surface area contributed by atoms with Crippen molar-refractivity contribution in [3.05, 3.63) is 247 Å². The van der Waals surface area contributed by atoms with Crippen LogP contribution < -0.4 is 5.46 Å². The monoisotopic (exact) mass is 1080 g/mol. The summed E-state index contributed by atoms with van der Waals surface area (Å²) in [6.07, 6.45) is 0. The molecule has 0 atom stereocenters. The molecule has 80 heavy (non-hydrogen) atoms. The third-order valence-electron chi connectivity index (χ3n) is 13.6. The molecule has 0 saturated heterocycles. The van der Waals surface area contributed by atoms with E-state index in [4.69, 9.17) is 61.5 Å². The summed E-state index contributed by atoms with van der Waals surface area (Å²) in [6.45, 7) is 0. The topological polar surface area (TPSA) is 157 Å². The second-order valence-corrected chi connectivity index (χ2v) is 19.4. The summed E-state index contributed by atoms with van der Waals surface area (Å²) in [4.78, 5) is 27.1. The lowest BCUT2D eigenvalue weighted by Crippen LogP contribution is -2.29. The van der Waals surface area contributed by atoms with E-state index < -0.39 is 7.12 Å². The highest BCUT2D eigenvalue weighted by molar-refractivity contribution is 6.59. The first-order chi connectivity index (χ1) is 39.2. The SMILES string of the molecule is Clc1nc(Cl)nc(-c2cccc(-c3ccccc3)c2)n1.OB(O)c1ccc2oc3ccccc3c2c1.c1ccc(-c2cccc(-c3nc(-c4ccc5oc6ccccc6c5c4)nc(-c4ccc5oc6ccccc6c5c4)n3)c2)cc1. The minimum absolute atomic E-state index is 0.0881. The second kappa shape index (κ2) is 21.5. The zero-order valence-electron chi connectivity index (χ0n) is 42.2. The van der Waals surface area contributed by atoms with Crippen LogP contribution in [0.2, 0.25) is 10.6 Å². The molecular formula is C66H41BCl2N6O5. The molecule has 0 aliphatic carbocycles. The van der Waals surface area contributed by atoms with E-state index in [0.29, 0.717) is 28.8 Å². The number of hydrogen-bond donors (Lipinski definition) is 2. The molecule has 0 fully saturated rings. The van der Waals surface area contributed by atoms with E-state index in [1.165, 1.54) is 0 Å². The molecule has 15 rings (SSSR count). The Morgan fingerprint density at radius 1 is 0.263 bits per heavy atom. The fourth-order valence-electron chi connectivity index (χ4n) is 9.79. The van der Waals surface area contributed by atoms with Crippen molar-refractivity contribution in [2.45, 2.75) is 0 Å². The van der Waals surface area contributed by atoms with E-state index in [-0.39, 0.29) is 10.6 Å². The van der Waals surface area contributed by atoms with Crippen LogP contribution in [0.4, 0.5) is 0 Å². The highest BCUT2D eigenvalue weighted by Crippen LogP contribution is 2.36. The Bertz CT molecular complexity index is 4610. The number of hydrogen-bond acceptors (Lipinski definition) is 11. The average Bonchev–Trinajstić information content (AvgIpc) is 4.26. The number of halogens is 2. The van der Waals surface area contributed by atoms with Crippen LogP contribution in [0, 0.1) is 0 Å². The molecule has 0 bridgehead atoms. The predicted octanol–water partition coefficient (Wildman–Crippen LogP) is 16.1. The molecule has 2 N–H and O–H groups in total. The second-order valence-electron chi connectivity index (χ2n) is 18.7. The van der Waals surface area contributed by atoms with Crippen LogP contribution in [0.25, 0.3) is 134 Å². The van der Waals surface area contributed by atoms with Gasteiger partial charge in [0.25, 0.3) is 0 Å². The summed E-state index contributed by atoms with van der Waals surface area (Å²) in [5.41, 5.74) is 13.4. The van der Waals surface area contributed by atoms with Crippen molar-refractivity contribution in [1.29, 1.82) is 0 Å². The highest BCUT2D eigenvalue weighted by atomic mass is 35.5. The Labute approximate surface area is 467 Å². The van der Waals surface area contributed by atoms with E-state index >= 15 is 0 Å². The Morgan fingerprint density at radius 2 is 0.588 bits per heavy atom. The molecule has 0 unspecified atom stereocenters. The first kappa shape index (κ1) is 49.7. The van der Waals surface area contributed by atoms with Crippen molar-refractivity contribution in [2.24, 2.45) is 0 Å². The maximum Gasteiger partial charge on any atom is 0.488 e. The van der Waals surface area contributed by atoms with Crippen LogP contribution in [0.1, 0.15) is 0 Å². The third kappa shape index (κ3) is 10.1. The molecule has 382 valence electrons. The quantitative estimate of drug-likeness (QED) is 0.146. The van der Waals surface area contributed by atoms with Crippen LogP contribution in [0.3, 0.4) is 0 Å². The first-order valence-electron chi connectivity index (χ1n) is 25.5. The summed E-state index contributed by atoms with van der Waals surface area (Å²) in [7, 11) is -1.45. The van der Waals surface area contributed by atoms with Gasteiger partial charge in [-0.3, -0.25) is 0 Å². The fraction of sp³-hybridized carbons (Fsp3) is 0. The van der Waals surface area contributed by atoms with Crippen LogP contribution in [0.5, 0.6) is 0 Å². The lowest BCUT2D eigenvalue weighted by atomic mass is 9.80. The van der Waals surface area contributed by atoms with Gasteiger partial charge in [-0.05, 0) is 124 Å². The van der Waals surface area contributed by atoms with Gasteiger partial charge in [0.2, 0.25) is 10.6 Å². The summed E-state index contributed by atoms with van der Waals surface area (Å²) in [5, 5.41) is 24.5. The predicted molar refractivity (Wildman–Crippen MR) is 320 cm³/mol. The Balaban J connectivity index is 0.000000137. The molecule has 15 aromatic rings. The van der Waals surface area contributed by atoms with Gasteiger partial charge in [-0.2, -0.15) is 15.0 Å². The molecule has 11 nitrogen and oxygen atoms in total. The molecule has 0 amide bonds. The van der Waals surface area contributed by atoms with Crippen LogP contribution in [0.15, 0.2) is 250 Å².